The molecule has 0 saturated carbocycles. The molecule has 0 spiro atoms. The quantitative estimate of drug-likeness (QED) is 0.798. The number of nitrogens with one attached hydrogen (secondary N) is 1. The molecule has 0 atom stereocenters. The van der Waals surface area contributed by atoms with Crippen molar-refractivity contribution in [3.8, 4) is 5.75 Å². The largest absolute Gasteiger partial charge is 0.486 e. The summed E-state index contributed by atoms with van der Waals surface area (Å²) in [5, 5.41) is 3.78. The van der Waals surface area contributed by atoms with Crippen LogP contribution < -0.4 is 10.1 Å². The van der Waals surface area contributed by atoms with Crippen LogP contribution in [0.3, 0.4) is 0 Å². The van der Waals surface area contributed by atoms with Crippen molar-refractivity contribution in [2.45, 2.75) is 26.5 Å². The molecule has 0 fully saturated rings. The summed E-state index contributed by atoms with van der Waals surface area (Å²) in [5.74, 6) is 0.871. The molecule has 0 radical (unpaired) electrons. The third-order valence-electron chi connectivity index (χ3n) is 3.08. The van der Waals surface area contributed by atoms with E-state index < -0.39 is 0 Å². The van der Waals surface area contributed by atoms with Crippen molar-refractivity contribution in [1.29, 1.82) is 0 Å². The van der Waals surface area contributed by atoms with Gasteiger partial charge < -0.3 is 14.6 Å². The molecule has 4 nitrogen and oxygen atoms in total. The SMILES string of the molecule is CCCNCc1cc(F)cc(OCc2ncc(Cl)n2C)c1. The van der Waals surface area contributed by atoms with Crippen molar-refractivity contribution in [2.24, 2.45) is 7.05 Å². The lowest BCUT2D eigenvalue weighted by Crippen LogP contribution is -2.14. The number of ether oxygens (including phenoxy) is 1. The number of imidazole rings is 1. The van der Waals surface area contributed by atoms with E-state index in [2.05, 4.69) is 17.2 Å². The monoisotopic (exact) mass is 311 g/mol. The van der Waals surface area contributed by atoms with E-state index in [1.165, 1.54) is 12.1 Å². The van der Waals surface area contributed by atoms with Crippen LogP contribution in [-0.4, -0.2) is 16.1 Å². The fraction of sp³-hybridized carbons (Fsp3) is 0.400. The summed E-state index contributed by atoms with van der Waals surface area (Å²) in [7, 11) is 1.81. The van der Waals surface area contributed by atoms with Gasteiger partial charge >= 0.3 is 0 Å². The maximum Gasteiger partial charge on any atom is 0.147 e. The van der Waals surface area contributed by atoms with Gasteiger partial charge in [0.15, 0.2) is 0 Å². The van der Waals surface area contributed by atoms with Gasteiger partial charge in [-0.15, -0.1) is 0 Å². The minimum absolute atomic E-state index is 0.245. The Morgan fingerprint density at radius 3 is 2.86 bits per heavy atom. The van der Waals surface area contributed by atoms with Crippen molar-refractivity contribution in [3.63, 3.8) is 0 Å². The Morgan fingerprint density at radius 1 is 1.38 bits per heavy atom. The van der Waals surface area contributed by atoms with Crippen molar-refractivity contribution >= 4 is 11.6 Å². The molecule has 0 amide bonds. The van der Waals surface area contributed by atoms with Crippen LogP contribution in [0.2, 0.25) is 5.15 Å². The predicted molar refractivity (Wildman–Crippen MR) is 80.9 cm³/mol. The molecule has 6 heteroatoms. The molecule has 0 unspecified atom stereocenters. The molecule has 1 N–H and O–H groups in total. The zero-order chi connectivity index (χ0) is 15.2. The molecule has 2 aromatic rings. The average molecular weight is 312 g/mol. The van der Waals surface area contributed by atoms with E-state index in [1.54, 1.807) is 17.8 Å². The second kappa shape index (κ2) is 7.43. The van der Waals surface area contributed by atoms with Gasteiger partial charge in [-0.3, -0.25) is 0 Å². The van der Waals surface area contributed by atoms with Crippen LogP contribution in [0.25, 0.3) is 0 Å². The topological polar surface area (TPSA) is 39.1 Å². The van der Waals surface area contributed by atoms with E-state index >= 15 is 0 Å². The molecule has 0 bridgehead atoms. The van der Waals surface area contributed by atoms with E-state index in [1.807, 2.05) is 6.07 Å². The molecule has 0 aliphatic carbocycles. The zero-order valence-electron chi connectivity index (χ0n) is 12.2. The highest BCUT2D eigenvalue weighted by Crippen LogP contribution is 2.18. The van der Waals surface area contributed by atoms with Crippen LogP contribution in [0, 0.1) is 5.82 Å². The third kappa shape index (κ3) is 4.44. The lowest BCUT2D eigenvalue weighted by atomic mass is 10.2. The maximum atomic E-state index is 13.6. The van der Waals surface area contributed by atoms with Crippen LogP contribution >= 0.6 is 11.6 Å². The smallest absolute Gasteiger partial charge is 0.147 e. The highest BCUT2D eigenvalue weighted by atomic mass is 35.5. The van der Waals surface area contributed by atoms with Crippen LogP contribution in [0.4, 0.5) is 4.39 Å². The Bertz CT molecular complexity index is 601. The fourth-order valence-corrected chi connectivity index (χ4v) is 2.07. The van der Waals surface area contributed by atoms with Crippen molar-refractivity contribution < 1.29 is 9.13 Å². The lowest BCUT2D eigenvalue weighted by Gasteiger charge is -2.09. The first-order chi connectivity index (χ1) is 10.1. The molecule has 114 valence electrons. The summed E-state index contributed by atoms with van der Waals surface area (Å²) < 4.78 is 20.9. The van der Waals surface area contributed by atoms with E-state index in [-0.39, 0.29) is 12.4 Å². The molecule has 2 rings (SSSR count). The van der Waals surface area contributed by atoms with Gasteiger partial charge in [0.1, 0.15) is 29.2 Å². The number of rotatable bonds is 7. The summed E-state index contributed by atoms with van der Waals surface area (Å²) >= 11 is 5.91. The van der Waals surface area contributed by atoms with Gasteiger partial charge in [-0.1, -0.05) is 18.5 Å². The number of nitrogens with zero attached hydrogens (tertiary/aromatic N) is 2. The molecule has 0 saturated heterocycles. The number of aromatic nitrogens is 2. The van der Waals surface area contributed by atoms with Gasteiger partial charge in [0.25, 0.3) is 0 Å². The Labute approximate surface area is 128 Å². The molecular formula is C15H19ClFN3O. The number of hydrogen-bond donors (Lipinski definition) is 1. The first kappa shape index (κ1) is 15.8. The summed E-state index contributed by atoms with van der Waals surface area (Å²) in [6.45, 7) is 3.86. The summed E-state index contributed by atoms with van der Waals surface area (Å²) in [4.78, 5) is 4.14. The van der Waals surface area contributed by atoms with Gasteiger partial charge in [0, 0.05) is 19.7 Å². The minimum Gasteiger partial charge on any atom is -0.486 e. The van der Waals surface area contributed by atoms with Crippen molar-refractivity contribution in [2.75, 3.05) is 6.54 Å². The Morgan fingerprint density at radius 2 is 2.19 bits per heavy atom. The van der Waals surface area contributed by atoms with Crippen LogP contribution in [0.1, 0.15) is 24.7 Å². The van der Waals surface area contributed by atoms with Crippen LogP contribution in [0.5, 0.6) is 5.75 Å². The molecular weight excluding hydrogens is 293 g/mol. The van der Waals surface area contributed by atoms with Gasteiger partial charge in [-0.2, -0.15) is 0 Å². The van der Waals surface area contributed by atoms with Gasteiger partial charge in [-0.25, -0.2) is 9.37 Å². The normalized spacial score (nSPS) is 10.9. The Hall–Kier alpha value is -1.59. The second-order valence-corrected chi connectivity index (χ2v) is 5.20. The van der Waals surface area contributed by atoms with E-state index in [0.29, 0.717) is 23.3 Å². The first-order valence-corrected chi connectivity index (χ1v) is 7.27. The number of hydrogen-bond acceptors (Lipinski definition) is 3. The van der Waals surface area contributed by atoms with Crippen molar-refractivity contribution in [1.82, 2.24) is 14.9 Å². The van der Waals surface area contributed by atoms with E-state index in [4.69, 9.17) is 16.3 Å². The first-order valence-electron chi connectivity index (χ1n) is 6.89. The summed E-state index contributed by atoms with van der Waals surface area (Å²) in [6.07, 6.45) is 2.60. The zero-order valence-corrected chi connectivity index (χ0v) is 13.0. The Balaban J connectivity index is 2.00. The highest BCUT2D eigenvalue weighted by molar-refractivity contribution is 6.29. The molecule has 0 aliphatic rings. The summed E-state index contributed by atoms with van der Waals surface area (Å²) in [5.41, 5.74) is 0.858. The van der Waals surface area contributed by atoms with Gasteiger partial charge in [-0.05, 0) is 30.7 Å². The van der Waals surface area contributed by atoms with Crippen LogP contribution in [0.15, 0.2) is 24.4 Å². The Kier molecular flexibility index (Phi) is 5.59. The fourth-order valence-electron chi connectivity index (χ4n) is 1.92. The number of halogens is 2. The van der Waals surface area contributed by atoms with Gasteiger partial charge in [0.05, 0.1) is 6.20 Å². The van der Waals surface area contributed by atoms with Crippen molar-refractivity contribution in [3.05, 3.63) is 46.8 Å². The molecule has 1 aromatic carbocycles. The molecule has 1 aromatic heterocycles. The number of benzene rings is 1. The van der Waals surface area contributed by atoms with Gasteiger partial charge in [0.2, 0.25) is 0 Å². The molecule has 21 heavy (non-hydrogen) atoms. The molecule has 1 heterocycles. The summed E-state index contributed by atoms with van der Waals surface area (Å²) in [6, 6.07) is 4.71. The van der Waals surface area contributed by atoms with E-state index in [9.17, 15) is 4.39 Å². The minimum atomic E-state index is -0.307. The average Bonchev–Trinajstić information content (AvgIpc) is 2.76. The maximum absolute atomic E-state index is 13.6. The molecule has 0 aliphatic heterocycles. The highest BCUT2D eigenvalue weighted by Gasteiger charge is 2.07. The lowest BCUT2D eigenvalue weighted by molar-refractivity contribution is 0.290. The van der Waals surface area contributed by atoms with Crippen LogP contribution in [-0.2, 0) is 20.2 Å². The standard InChI is InChI=1S/C15H19ClFN3O/c1-3-4-18-8-11-5-12(17)7-13(6-11)21-10-15-19-9-14(16)20(15)2/h5-7,9,18H,3-4,8,10H2,1-2H3. The van der Waals surface area contributed by atoms with E-state index in [0.717, 1.165) is 18.5 Å². The second-order valence-electron chi connectivity index (χ2n) is 4.82. The predicted octanol–water partition coefficient (Wildman–Crippen LogP) is 3.29. The third-order valence-corrected chi connectivity index (χ3v) is 3.43.